The predicted octanol–water partition coefficient (Wildman–Crippen LogP) is 1.42. The highest BCUT2D eigenvalue weighted by Gasteiger charge is 2.31. The summed E-state index contributed by atoms with van der Waals surface area (Å²) in [6, 6.07) is 0.547. The van der Waals surface area contributed by atoms with Gasteiger partial charge in [-0.1, -0.05) is 26.7 Å². The lowest BCUT2D eigenvalue weighted by molar-refractivity contribution is 0.156. The molecule has 1 fully saturated rings. The van der Waals surface area contributed by atoms with Crippen molar-refractivity contribution in [2.45, 2.75) is 45.3 Å². The molecule has 3 nitrogen and oxygen atoms in total. The van der Waals surface area contributed by atoms with Gasteiger partial charge >= 0.3 is 0 Å². The molecule has 96 valence electrons. The molecule has 0 spiro atoms. The van der Waals surface area contributed by atoms with Gasteiger partial charge in [-0.25, -0.2) is 0 Å². The summed E-state index contributed by atoms with van der Waals surface area (Å²) in [7, 11) is 4.22. The monoisotopic (exact) mass is 228 g/mol. The molecule has 1 N–H and O–H groups in total. The van der Waals surface area contributed by atoms with Crippen LogP contribution in [0.1, 0.15) is 33.1 Å². The van der Waals surface area contributed by atoms with Gasteiger partial charge in [0.15, 0.2) is 0 Å². The van der Waals surface area contributed by atoms with E-state index in [-0.39, 0.29) is 6.10 Å². The quantitative estimate of drug-likeness (QED) is 0.745. The van der Waals surface area contributed by atoms with E-state index in [1.807, 2.05) is 0 Å². The summed E-state index contributed by atoms with van der Waals surface area (Å²) in [4.78, 5) is 4.71. The van der Waals surface area contributed by atoms with Gasteiger partial charge in [-0.15, -0.1) is 0 Å². The summed E-state index contributed by atoms with van der Waals surface area (Å²) in [5, 5.41) is 9.78. The molecule has 2 unspecified atom stereocenters. The van der Waals surface area contributed by atoms with Crippen molar-refractivity contribution in [1.29, 1.82) is 0 Å². The fraction of sp³-hybridized carbons (Fsp3) is 1.00. The van der Waals surface area contributed by atoms with Gasteiger partial charge in [0.25, 0.3) is 0 Å². The van der Waals surface area contributed by atoms with Gasteiger partial charge in [0.2, 0.25) is 0 Å². The molecule has 2 atom stereocenters. The largest absolute Gasteiger partial charge is 0.392 e. The van der Waals surface area contributed by atoms with E-state index in [0.29, 0.717) is 6.04 Å². The number of hydrogen-bond acceptors (Lipinski definition) is 3. The number of nitrogens with zero attached hydrogens (tertiary/aromatic N) is 2. The fourth-order valence-electron chi connectivity index (χ4n) is 2.67. The van der Waals surface area contributed by atoms with Crippen LogP contribution in [-0.2, 0) is 0 Å². The molecule has 1 saturated heterocycles. The molecule has 1 rings (SSSR count). The van der Waals surface area contributed by atoms with Crippen LogP contribution in [0.4, 0.5) is 0 Å². The minimum Gasteiger partial charge on any atom is -0.392 e. The lowest BCUT2D eigenvalue weighted by Gasteiger charge is -2.29. The maximum absolute atomic E-state index is 9.78. The van der Waals surface area contributed by atoms with Gasteiger partial charge < -0.3 is 10.0 Å². The highest BCUT2D eigenvalue weighted by atomic mass is 16.3. The summed E-state index contributed by atoms with van der Waals surface area (Å²) in [5.41, 5.74) is 0. The summed E-state index contributed by atoms with van der Waals surface area (Å²) in [5.74, 6) is 0.787. The molecule has 0 aromatic heterocycles. The van der Waals surface area contributed by atoms with Crippen molar-refractivity contribution in [1.82, 2.24) is 9.80 Å². The van der Waals surface area contributed by atoms with Crippen molar-refractivity contribution in [3.8, 4) is 0 Å². The van der Waals surface area contributed by atoms with E-state index in [1.54, 1.807) is 0 Å². The Labute approximate surface area is 100 Å². The van der Waals surface area contributed by atoms with E-state index in [2.05, 4.69) is 37.7 Å². The molecule has 0 aromatic carbocycles. The summed E-state index contributed by atoms with van der Waals surface area (Å²) >= 11 is 0. The third kappa shape index (κ3) is 4.04. The van der Waals surface area contributed by atoms with E-state index in [9.17, 15) is 5.11 Å². The molecule has 1 aliphatic heterocycles. The normalized spacial score (nSPS) is 27.2. The van der Waals surface area contributed by atoms with E-state index in [0.717, 1.165) is 32.0 Å². The van der Waals surface area contributed by atoms with E-state index in [1.165, 1.54) is 12.8 Å². The Kier molecular flexibility index (Phi) is 5.73. The number of aliphatic hydroxyl groups is 1. The number of likely N-dealkylation sites (N-methyl/N-ethyl adjacent to an activating group) is 1. The minimum absolute atomic E-state index is 0.112. The van der Waals surface area contributed by atoms with Crippen molar-refractivity contribution in [3.63, 3.8) is 0 Å². The van der Waals surface area contributed by atoms with Crippen molar-refractivity contribution >= 4 is 0 Å². The van der Waals surface area contributed by atoms with E-state index < -0.39 is 0 Å². The third-order valence-electron chi connectivity index (χ3n) is 3.73. The SMILES string of the molecule is CCC(CC)CN1CC(O)CC1CN(C)C. The lowest BCUT2D eigenvalue weighted by atomic mass is 10.0. The average Bonchev–Trinajstić information content (AvgIpc) is 2.54. The predicted molar refractivity (Wildman–Crippen MR) is 68.6 cm³/mol. The van der Waals surface area contributed by atoms with Crippen molar-refractivity contribution in [2.75, 3.05) is 33.7 Å². The summed E-state index contributed by atoms with van der Waals surface area (Å²) < 4.78 is 0. The van der Waals surface area contributed by atoms with Gasteiger partial charge in [0, 0.05) is 25.7 Å². The molecule has 1 aliphatic rings. The van der Waals surface area contributed by atoms with E-state index >= 15 is 0 Å². The first-order valence-corrected chi connectivity index (χ1v) is 6.63. The Morgan fingerprint density at radius 3 is 2.44 bits per heavy atom. The van der Waals surface area contributed by atoms with Crippen LogP contribution in [0, 0.1) is 5.92 Å². The molecule has 0 aliphatic carbocycles. The molecule has 3 heteroatoms. The maximum Gasteiger partial charge on any atom is 0.0682 e. The number of hydrogen-bond donors (Lipinski definition) is 1. The lowest BCUT2D eigenvalue weighted by Crippen LogP contribution is -2.40. The minimum atomic E-state index is -0.112. The van der Waals surface area contributed by atoms with Crippen LogP contribution in [0.2, 0.25) is 0 Å². The van der Waals surface area contributed by atoms with Crippen LogP contribution in [0.15, 0.2) is 0 Å². The van der Waals surface area contributed by atoms with Crippen LogP contribution >= 0.6 is 0 Å². The van der Waals surface area contributed by atoms with Crippen LogP contribution in [-0.4, -0.2) is 60.8 Å². The highest BCUT2D eigenvalue weighted by Crippen LogP contribution is 2.21. The van der Waals surface area contributed by atoms with Gasteiger partial charge in [0.05, 0.1) is 6.10 Å². The van der Waals surface area contributed by atoms with Crippen molar-refractivity contribution < 1.29 is 5.11 Å². The fourth-order valence-corrected chi connectivity index (χ4v) is 2.67. The number of rotatable bonds is 6. The third-order valence-corrected chi connectivity index (χ3v) is 3.73. The molecule has 0 amide bonds. The molecule has 1 heterocycles. The molecule has 16 heavy (non-hydrogen) atoms. The Bertz CT molecular complexity index is 192. The maximum atomic E-state index is 9.78. The van der Waals surface area contributed by atoms with Gasteiger partial charge in [-0.05, 0) is 26.4 Å². The number of aliphatic hydroxyl groups excluding tert-OH is 1. The van der Waals surface area contributed by atoms with Crippen LogP contribution in [0.25, 0.3) is 0 Å². The zero-order valence-corrected chi connectivity index (χ0v) is 11.3. The molecular weight excluding hydrogens is 200 g/mol. The molecule has 0 bridgehead atoms. The van der Waals surface area contributed by atoms with Gasteiger partial charge in [-0.3, -0.25) is 4.90 Å². The molecule has 0 saturated carbocycles. The number of β-amino-alcohol motifs (C(OH)–C–C–N with tert-alkyl or cyclic N) is 1. The first-order chi connectivity index (χ1) is 7.56. The van der Waals surface area contributed by atoms with Crippen LogP contribution in [0.3, 0.4) is 0 Å². The second-order valence-corrected chi connectivity index (χ2v) is 5.44. The second-order valence-electron chi connectivity index (χ2n) is 5.44. The first-order valence-electron chi connectivity index (χ1n) is 6.63. The van der Waals surface area contributed by atoms with Crippen LogP contribution < -0.4 is 0 Å². The number of likely N-dealkylation sites (tertiary alicyclic amines) is 1. The first kappa shape index (κ1) is 13.9. The summed E-state index contributed by atoms with van der Waals surface area (Å²) in [6.07, 6.45) is 3.33. The topological polar surface area (TPSA) is 26.7 Å². The Balaban J connectivity index is 2.48. The van der Waals surface area contributed by atoms with Gasteiger partial charge in [0.1, 0.15) is 0 Å². The summed E-state index contributed by atoms with van der Waals surface area (Å²) in [6.45, 7) is 7.62. The Morgan fingerprint density at radius 2 is 1.94 bits per heavy atom. The zero-order valence-electron chi connectivity index (χ0n) is 11.3. The smallest absolute Gasteiger partial charge is 0.0682 e. The Morgan fingerprint density at radius 1 is 1.31 bits per heavy atom. The average molecular weight is 228 g/mol. The standard InChI is InChI=1S/C13H28N2O/c1-5-11(6-2)8-15-10-13(16)7-12(15)9-14(3)4/h11-13,16H,5-10H2,1-4H3. The second kappa shape index (κ2) is 6.58. The Hall–Kier alpha value is -0.120. The van der Waals surface area contributed by atoms with Crippen molar-refractivity contribution in [3.05, 3.63) is 0 Å². The molecule has 0 radical (unpaired) electrons. The van der Waals surface area contributed by atoms with Crippen molar-refractivity contribution in [2.24, 2.45) is 5.92 Å². The van der Waals surface area contributed by atoms with E-state index in [4.69, 9.17) is 0 Å². The highest BCUT2D eigenvalue weighted by molar-refractivity contribution is 4.87. The molecule has 0 aromatic rings. The zero-order chi connectivity index (χ0) is 12.1. The molecular formula is C13H28N2O. The van der Waals surface area contributed by atoms with Gasteiger partial charge in [-0.2, -0.15) is 0 Å². The van der Waals surface area contributed by atoms with Crippen LogP contribution in [0.5, 0.6) is 0 Å².